The van der Waals surface area contributed by atoms with Crippen LogP contribution in [-0.2, 0) is 4.79 Å². The van der Waals surface area contributed by atoms with Crippen molar-refractivity contribution in [1.29, 1.82) is 0 Å². The van der Waals surface area contributed by atoms with E-state index in [9.17, 15) is 4.79 Å². The van der Waals surface area contributed by atoms with E-state index in [1.165, 1.54) is 0 Å². The maximum Gasteiger partial charge on any atom is 0.227 e. The summed E-state index contributed by atoms with van der Waals surface area (Å²) in [5.74, 6) is 1.06. The molecule has 0 spiro atoms. The first-order chi connectivity index (χ1) is 12.6. The zero-order chi connectivity index (χ0) is 18.1. The number of aromatic nitrogens is 2. The molecule has 26 heavy (non-hydrogen) atoms. The van der Waals surface area contributed by atoms with E-state index in [4.69, 9.17) is 4.74 Å². The highest BCUT2D eigenvalue weighted by molar-refractivity contribution is 5.95. The quantitative estimate of drug-likeness (QED) is 0.836. The molecule has 1 saturated heterocycles. The summed E-state index contributed by atoms with van der Waals surface area (Å²) in [4.78, 5) is 20.8. The van der Waals surface area contributed by atoms with Crippen LogP contribution in [0.4, 0.5) is 5.69 Å². The standard InChI is InChI=1S/C20H24N4O2/c1-12-19(13(2)23-11-22-12)17-9-15(24-20(25)14-3-4-14)5-6-18(17)26-10-16-7-8-21-16/h5-6,9,11,14,16,21H,3-4,7-8,10H2,1-2H3,(H,24,25). The number of hydrogen-bond acceptors (Lipinski definition) is 5. The summed E-state index contributed by atoms with van der Waals surface area (Å²) in [6.07, 6.45) is 4.68. The number of aryl methyl sites for hydroxylation is 2. The molecule has 1 aliphatic heterocycles. The Balaban J connectivity index is 1.66. The van der Waals surface area contributed by atoms with E-state index in [-0.39, 0.29) is 11.8 Å². The second kappa shape index (κ2) is 7.03. The molecule has 1 aliphatic carbocycles. The van der Waals surface area contributed by atoms with Crippen LogP contribution in [0.1, 0.15) is 30.7 Å². The Morgan fingerprint density at radius 1 is 1.23 bits per heavy atom. The molecule has 4 rings (SSSR count). The third-order valence-electron chi connectivity index (χ3n) is 5.06. The van der Waals surface area contributed by atoms with Crippen molar-refractivity contribution in [2.75, 3.05) is 18.5 Å². The molecule has 1 atom stereocenters. The van der Waals surface area contributed by atoms with Crippen molar-refractivity contribution in [2.24, 2.45) is 5.92 Å². The van der Waals surface area contributed by atoms with Gasteiger partial charge in [-0.05, 0) is 57.9 Å². The predicted molar refractivity (Wildman–Crippen MR) is 100 cm³/mol. The predicted octanol–water partition coefficient (Wildman–Crippen LogP) is 2.85. The van der Waals surface area contributed by atoms with Gasteiger partial charge >= 0.3 is 0 Å². The number of amides is 1. The van der Waals surface area contributed by atoms with Gasteiger partial charge in [0.05, 0.1) is 0 Å². The lowest BCUT2D eigenvalue weighted by Gasteiger charge is -2.28. The van der Waals surface area contributed by atoms with Crippen molar-refractivity contribution < 1.29 is 9.53 Å². The van der Waals surface area contributed by atoms with E-state index < -0.39 is 0 Å². The lowest BCUT2D eigenvalue weighted by Crippen LogP contribution is -2.46. The second-order valence-corrected chi connectivity index (χ2v) is 7.14. The van der Waals surface area contributed by atoms with Gasteiger partial charge in [0, 0.05) is 40.2 Å². The minimum Gasteiger partial charge on any atom is -0.491 e. The van der Waals surface area contributed by atoms with Crippen LogP contribution >= 0.6 is 0 Å². The summed E-state index contributed by atoms with van der Waals surface area (Å²) >= 11 is 0. The van der Waals surface area contributed by atoms with Gasteiger partial charge < -0.3 is 15.4 Å². The Morgan fingerprint density at radius 2 is 1.96 bits per heavy atom. The first-order valence-electron chi connectivity index (χ1n) is 9.21. The monoisotopic (exact) mass is 352 g/mol. The van der Waals surface area contributed by atoms with Gasteiger partial charge in [0.15, 0.2) is 0 Å². The fourth-order valence-electron chi connectivity index (χ4n) is 3.18. The molecule has 1 amide bonds. The Bertz CT molecular complexity index is 808. The van der Waals surface area contributed by atoms with Crippen molar-refractivity contribution in [3.05, 3.63) is 35.9 Å². The highest BCUT2D eigenvalue weighted by atomic mass is 16.5. The van der Waals surface area contributed by atoms with Crippen LogP contribution in [0.5, 0.6) is 5.75 Å². The van der Waals surface area contributed by atoms with Crippen molar-refractivity contribution in [2.45, 2.75) is 39.2 Å². The molecule has 136 valence electrons. The molecule has 0 bridgehead atoms. The van der Waals surface area contributed by atoms with Gasteiger partial charge in [-0.15, -0.1) is 0 Å². The fourth-order valence-corrected chi connectivity index (χ4v) is 3.18. The molecule has 1 aromatic heterocycles. The van der Waals surface area contributed by atoms with Gasteiger partial charge in [0.2, 0.25) is 5.91 Å². The average molecular weight is 352 g/mol. The first kappa shape index (κ1) is 17.0. The Morgan fingerprint density at radius 3 is 2.58 bits per heavy atom. The van der Waals surface area contributed by atoms with Crippen LogP contribution in [0, 0.1) is 19.8 Å². The Kier molecular flexibility index (Phi) is 4.59. The number of rotatable bonds is 6. The van der Waals surface area contributed by atoms with Crippen LogP contribution in [0.25, 0.3) is 11.1 Å². The Labute approximate surface area is 153 Å². The molecule has 2 heterocycles. The topological polar surface area (TPSA) is 76.1 Å². The number of carbonyl (C=O) groups is 1. The van der Waals surface area contributed by atoms with E-state index in [0.717, 1.165) is 59.8 Å². The van der Waals surface area contributed by atoms with E-state index in [0.29, 0.717) is 12.6 Å². The second-order valence-electron chi connectivity index (χ2n) is 7.14. The smallest absolute Gasteiger partial charge is 0.227 e. The van der Waals surface area contributed by atoms with E-state index in [1.54, 1.807) is 6.33 Å². The Hall–Kier alpha value is -2.47. The average Bonchev–Trinajstić information content (AvgIpc) is 3.40. The number of carbonyl (C=O) groups excluding carboxylic acids is 1. The third kappa shape index (κ3) is 3.55. The van der Waals surface area contributed by atoms with Gasteiger partial charge in [0.1, 0.15) is 18.7 Å². The first-order valence-corrected chi connectivity index (χ1v) is 9.21. The zero-order valence-electron chi connectivity index (χ0n) is 15.2. The molecule has 1 saturated carbocycles. The number of ether oxygens (including phenoxy) is 1. The summed E-state index contributed by atoms with van der Waals surface area (Å²) in [7, 11) is 0. The van der Waals surface area contributed by atoms with E-state index >= 15 is 0 Å². The molecule has 0 radical (unpaired) electrons. The summed E-state index contributed by atoms with van der Waals surface area (Å²) in [5, 5.41) is 6.37. The van der Waals surface area contributed by atoms with Gasteiger partial charge in [-0.25, -0.2) is 9.97 Å². The van der Waals surface area contributed by atoms with Gasteiger partial charge in [0.25, 0.3) is 0 Å². The van der Waals surface area contributed by atoms with Crippen LogP contribution < -0.4 is 15.4 Å². The SMILES string of the molecule is Cc1ncnc(C)c1-c1cc(NC(=O)C2CC2)ccc1OCC1CCN1. The zero-order valence-corrected chi connectivity index (χ0v) is 15.2. The van der Waals surface area contributed by atoms with E-state index in [2.05, 4.69) is 20.6 Å². The van der Waals surface area contributed by atoms with Crippen LogP contribution in [0.15, 0.2) is 24.5 Å². The maximum absolute atomic E-state index is 12.1. The van der Waals surface area contributed by atoms with Gasteiger partial charge in [-0.2, -0.15) is 0 Å². The molecule has 2 N–H and O–H groups in total. The van der Waals surface area contributed by atoms with E-state index in [1.807, 2.05) is 32.0 Å². The molecule has 6 nitrogen and oxygen atoms in total. The summed E-state index contributed by atoms with van der Waals surface area (Å²) in [5.41, 5.74) is 4.47. The molecule has 1 aromatic carbocycles. The number of nitrogens with one attached hydrogen (secondary N) is 2. The van der Waals surface area contributed by atoms with Crippen molar-refractivity contribution in [3.8, 4) is 16.9 Å². The van der Waals surface area contributed by atoms with Crippen molar-refractivity contribution in [3.63, 3.8) is 0 Å². The molecule has 2 aromatic rings. The number of anilines is 1. The highest BCUT2D eigenvalue weighted by Gasteiger charge is 2.29. The minimum absolute atomic E-state index is 0.0982. The maximum atomic E-state index is 12.1. The lowest BCUT2D eigenvalue weighted by molar-refractivity contribution is -0.117. The van der Waals surface area contributed by atoms with Crippen molar-refractivity contribution in [1.82, 2.24) is 15.3 Å². The largest absolute Gasteiger partial charge is 0.491 e. The number of benzene rings is 1. The van der Waals surface area contributed by atoms with Crippen LogP contribution in [0.3, 0.4) is 0 Å². The summed E-state index contributed by atoms with van der Waals surface area (Å²) in [6.45, 7) is 5.62. The number of hydrogen-bond donors (Lipinski definition) is 2. The molecule has 1 unspecified atom stereocenters. The van der Waals surface area contributed by atoms with Crippen LogP contribution in [-0.4, -0.2) is 35.1 Å². The van der Waals surface area contributed by atoms with Crippen molar-refractivity contribution >= 4 is 11.6 Å². The minimum atomic E-state index is 0.0982. The lowest BCUT2D eigenvalue weighted by atomic mass is 10.0. The summed E-state index contributed by atoms with van der Waals surface area (Å²) < 4.78 is 6.09. The third-order valence-corrected chi connectivity index (χ3v) is 5.06. The van der Waals surface area contributed by atoms with Gasteiger partial charge in [-0.3, -0.25) is 4.79 Å². The molecule has 2 aliphatic rings. The number of nitrogens with zero attached hydrogens (tertiary/aromatic N) is 2. The summed E-state index contributed by atoms with van der Waals surface area (Å²) in [6, 6.07) is 6.22. The normalized spacial score (nSPS) is 18.9. The van der Waals surface area contributed by atoms with Crippen LogP contribution in [0.2, 0.25) is 0 Å². The molecule has 6 heteroatoms. The molecular weight excluding hydrogens is 328 g/mol. The fraction of sp³-hybridized carbons (Fsp3) is 0.450. The molecular formula is C20H24N4O2. The molecule has 2 fully saturated rings. The van der Waals surface area contributed by atoms with Gasteiger partial charge in [-0.1, -0.05) is 0 Å². The highest BCUT2D eigenvalue weighted by Crippen LogP contribution is 2.37.